The molecule has 0 saturated carbocycles. The van der Waals surface area contributed by atoms with Crippen LogP contribution in [0.15, 0.2) is 78.0 Å². The second-order valence-electron chi connectivity index (χ2n) is 10.8. The molecule has 2 atom stereocenters. The average molecular weight is 537 g/mol. The van der Waals surface area contributed by atoms with E-state index in [9.17, 15) is 14.4 Å². The number of hydrogen-bond donors (Lipinski definition) is 2. The molecule has 0 aliphatic carbocycles. The summed E-state index contributed by atoms with van der Waals surface area (Å²) in [5.41, 5.74) is 8.05. The van der Waals surface area contributed by atoms with Crippen molar-refractivity contribution in [3.05, 3.63) is 111 Å². The van der Waals surface area contributed by atoms with Crippen LogP contribution in [0.5, 0.6) is 0 Å². The van der Waals surface area contributed by atoms with Crippen molar-refractivity contribution in [1.82, 2.24) is 15.1 Å². The number of amides is 4. The molecule has 0 aromatic heterocycles. The molecule has 0 radical (unpaired) electrons. The van der Waals surface area contributed by atoms with Crippen LogP contribution in [-0.2, 0) is 16.0 Å². The normalized spacial score (nSPS) is 17.6. The molecule has 2 N–H and O–H groups in total. The summed E-state index contributed by atoms with van der Waals surface area (Å²) in [5.74, 6) is -0.486. The van der Waals surface area contributed by atoms with Crippen LogP contribution in [0, 0.1) is 27.7 Å². The number of rotatable bonds is 7. The molecule has 5 rings (SSSR count). The molecular weight excluding hydrogens is 500 g/mol. The highest BCUT2D eigenvalue weighted by atomic mass is 16.2. The van der Waals surface area contributed by atoms with E-state index in [1.807, 2.05) is 95.3 Å². The number of urea groups is 1. The molecule has 3 aromatic rings. The molecule has 206 valence electrons. The lowest BCUT2D eigenvalue weighted by atomic mass is 9.91. The summed E-state index contributed by atoms with van der Waals surface area (Å²) in [6, 6.07) is 20.0. The molecule has 7 heteroatoms. The number of nitrogens with zero attached hydrogens (tertiary/aromatic N) is 2. The van der Waals surface area contributed by atoms with Crippen molar-refractivity contribution < 1.29 is 14.4 Å². The summed E-state index contributed by atoms with van der Waals surface area (Å²) >= 11 is 0. The Morgan fingerprint density at radius 1 is 0.950 bits per heavy atom. The Morgan fingerprint density at radius 2 is 1.70 bits per heavy atom. The zero-order chi connectivity index (χ0) is 28.6. The Kier molecular flexibility index (Phi) is 7.48. The van der Waals surface area contributed by atoms with Crippen molar-refractivity contribution in [2.24, 2.45) is 0 Å². The van der Waals surface area contributed by atoms with Crippen molar-refractivity contribution in [2.45, 2.75) is 53.1 Å². The van der Waals surface area contributed by atoms with Crippen molar-refractivity contribution in [3.8, 4) is 0 Å². The predicted molar refractivity (Wildman–Crippen MR) is 157 cm³/mol. The molecule has 2 unspecified atom stereocenters. The Labute approximate surface area is 235 Å². The predicted octanol–water partition coefficient (Wildman–Crippen LogP) is 5.35. The number of aryl methyl sites for hydroxylation is 4. The summed E-state index contributed by atoms with van der Waals surface area (Å²) < 4.78 is 0. The van der Waals surface area contributed by atoms with Gasteiger partial charge in [0.1, 0.15) is 6.04 Å². The second-order valence-corrected chi connectivity index (χ2v) is 10.8. The van der Waals surface area contributed by atoms with E-state index in [0.717, 1.165) is 33.4 Å². The molecule has 2 aliphatic rings. The number of likely N-dealkylation sites (N-methyl/N-ethyl adjacent to an activating group) is 1. The SMILES string of the molecule is CCN1C(=O)NC(c2ccc(C)cc2C)C2=C1CN(C(Cc1ccccc1)C(=O)Nc1ccc(C)c(C)c1)C2=O. The Balaban J connectivity index is 1.53. The van der Waals surface area contributed by atoms with E-state index >= 15 is 0 Å². The van der Waals surface area contributed by atoms with Crippen molar-refractivity contribution in [3.63, 3.8) is 0 Å². The molecule has 0 spiro atoms. The molecule has 3 aromatic carbocycles. The molecule has 2 aliphatic heterocycles. The maximum atomic E-state index is 14.3. The van der Waals surface area contributed by atoms with Crippen LogP contribution >= 0.6 is 0 Å². The summed E-state index contributed by atoms with van der Waals surface area (Å²) in [4.78, 5) is 44.6. The maximum absolute atomic E-state index is 14.3. The summed E-state index contributed by atoms with van der Waals surface area (Å²) in [7, 11) is 0. The van der Waals surface area contributed by atoms with Crippen LogP contribution < -0.4 is 10.6 Å². The standard InChI is InChI=1S/C33H36N4O3/c1-6-36-28-19-37(32(39)29(28)30(35-33(36)40)26-15-12-20(2)16-23(26)5)27(18-24-10-8-7-9-11-24)31(38)34-25-14-13-21(3)22(4)17-25/h7-17,27,30H,6,18-19H2,1-5H3,(H,34,38)(H,35,40). The van der Waals surface area contributed by atoms with Gasteiger partial charge in [-0.3, -0.25) is 14.5 Å². The Bertz CT molecular complexity index is 1510. The van der Waals surface area contributed by atoms with Gasteiger partial charge in [-0.2, -0.15) is 0 Å². The van der Waals surface area contributed by atoms with Gasteiger partial charge in [-0.15, -0.1) is 0 Å². The van der Waals surface area contributed by atoms with Gasteiger partial charge in [0.2, 0.25) is 5.91 Å². The number of carbonyl (C=O) groups excluding carboxylic acids is 3. The van der Waals surface area contributed by atoms with Gasteiger partial charge in [-0.1, -0.05) is 60.2 Å². The number of nitrogens with one attached hydrogen (secondary N) is 2. The maximum Gasteiger partial charge on any atom is 0.322 e. The lowest BCUT2D eigenvalue weighted by Gasteiger charge is -2.33. The fourth-order valence-corrected chi connectivity index (χ4v) is 5.71. The topological polar surface area (TPSA) is 81.8 Å². The second kappa shape index (κ2) is 11.0. The van der Waals surface area contributed by atoms with Crippen molar-refractivity contribution in [2.75, 3.05) is 18.4 Å². The molecule has 0 saturated heterocycles. The highest BCUT2D eigenvalue weighted by molar-refractivity contribution is 6.05. The first kappa shape index (κ1) is 27.2. The minimum atomic E-state index is -0.768. The third-order valence-electron chi connectivity index (χ3n) is 8.03. The molecule has 0 bridgehead atoms. The number of carbonyl (C=O) groups is 3. The van der Waals surface area contributed by atoms with Gasteiger partial charge in [-0.05, 0) is 74.6 Å². The van der Waals surface area contributed by atoms with Gasteiger partial charge < -0.3 is 15.5 Å². The molecule has 40 heavy (non-hydrogen) atoms. The van der Waals surface area contributed by atoms with Crippen LogP contribution in [0.25, 0.3) is 0 Å². The molecule has 4 amide bonds. The van der Waals surface area contributed by atoms with Gasteiger partial charge in [0, 0.05) is 18.7 Å². The zero-order valence-corrected chi connectivity index (χ0v) is 23.7. The lowest BCUT2D eigenvalue weighted by molar-refractivity contribution is -0.134. The third kappa shape index (κ3) is 5.11. The van der Waals surface area contributed by atoms with Crippen molar-refractivity contribution >= 4 is 23.5 Å². The van der Waals surface area contributed by atoms with Crippen molar-refractivity contribution in [1.29, 1.82) is 0 Å². The average Bonchev–Trinajstić information content (AvgIpc) is 3.26. The summed E-state index contributed by atoms with van der Waals surface area (Å²) in [6.45, 7) is 10.5. The van der Waals surface area contributed by atoms with Gasteiger partial charge in [0.05, 0.1) is 23.9 Å². The molecule has 0 fully saturated rings. The van der Waals surface area contributed by atoms with Gasteiger partial charge in [0.15, 0.2) is 0 Å². The zero-order valence-electron chi connectivity index (χ0n) is 23.7. The number of hydrogen-bond acceptors (Lipinski definition) is 3. The van der Waals surface area contributed by atoms with Crippen LogP contribution in [0.4, 0.5) is 10.5 Å². The minimum absolute atomic E-state index is 0.189. The van der Waals surface area contributed by atoms with Gasteiger partial charge in [-0.25, -0.2) is 4.79 Å². The van der Waals surface area contributed by atoms with E-state index in [1.165, 1.54) is 0 Å². The highest BCUT2D eigenvalue weighted by Gasteiger charge is 2.47. The lowest BCUT2D eigenvalue weighted by Crippen LogP contribution is -2.47. The Morgan fingerprint density at radius 3 is 2.38 bits per heavy atom. The summed E-state index contributed by atoms with van der Waals surface area (Å²) in [5, 5.41) is 6.12. The Hall–Kier alpha value is -4.39. The van der Waals surface area contributed by atoms with E-state index < -0.39 is 12.1 Å². The highest BCUT2D eigenvalue weighted by Crippen LogP contribution is 2.38. The van der Waals surface area contributed by atoms with E-state index in [0.29, 0.717) is 29.9 Å². The minimum Gasteiger partial charge on any atom is -0.326 e. The van der Waals surface area contributed by atoms with Gasteiger partial charge >= 0.3 is 6.03 Å². The molecule has 7 nitrogen and oxygen atoms in total. The third-order valence-corrected chi connectivity index (χ3v) is 8.03. The number of anilines is 1. The van der Waals surface area contributed by atoms with E-state index in [1.54, 1.807) is 9.80 Å². The number of benzene rings is 3. The first-order valence-electron chi connectivity index (χ1n) is 13.8. The molecule has 2 heterocycles. The quantitative estimate of drug-likeness (QED) is 0.427. The van der Waals surface area contributed by atoms with Crippen LogP contribution in [0.2, 0.25) is 0 Å². The fourth-order valence-electron chi connectivity index (χ4n) is 5.71. The van der Waals surface area contributed by atoms with E-state index in [-0.39, 0.29) is 24.4 Å². The summed E-state index contributed by atoms with van der Waals surface area (Å²) in [6.07, 6.45) is 0.353. The van der Waals surface area contributed by atoms with E-state index in [2.05, 4.69) is 16.7 Å². The first-order chi connectivity index (χ1) is 19.2. The van der Waals surface area contributed by atoms with Crippen LogP contribution in [0.1, 0.15) is 46.3 Å². The molecular formula is C33H36N4O3. The van der Waals surface area contributed by atoms with E-state index in [4.69, 9.17) is 0 Å². The largest absolute Gasteiger partial charge is 0.326 e. The van der Waals surface area contributed by atoms with Crippen LogP contribution in [0.3, 0.4) is 0 Å². The first-order valence-corrected chi connectivity index (χ1v) is 13.8. The monoisotopic (exact) mass is 536 g/mol. The van der Waals surface area contributed by atoms with Gasteiger partial charge in [0.25, 0.3) is 5.91 Å². The van der Waals surface area contributed by atoms with Crippen LogP contribution in [-0.4, -0.2) is 46.8 Å². The fraction of sp³-hybridized carbons (Fsp3) is 0.303. The smallest absolute Gasteiger partial charge is 0.322 e.